The predicted molar refractivity (Wildman–Crippen MR) is 64.2 cm³/mol. The van der Waals surface area contributed by atoms with Crippen LogP contribution >= 0.6 is 0 Å². The largest absolute Gasteiger partial charge is 0.378 e. The van der Waals surface area contributed by atoms with Gasteiger partial charge in [0.15, 0.2) is 6.04 Å². The Morgan fingerprint density at radius 2 is 1.94 bits per heavy atom. The Hall–Kier alpha value is -1.39. The number of carbonyl (C=O) groups is 1. The van der Waals surface area contributed by atoms with Crippen molar-refractivity contribution in [1.29, 1.82) is 0 Å². The molecule has 4 nitrogen and oxygen atoms in total. The van der Waals surface area contributed by atoms with Crippen LogP contribution in [0, 0.1) is 0 Å². The number of hydrogen-bond donors (Lipinski definition) is 1. The molecular weight excluding hydrogens is 216 g/mol. The number of carbonyl (C=O) groups excluding carboxylic acids is 1. The quantitative estimate of drug-likeness (QED) is 0.782. The molecule has 2 rings (SSSR count). The first-order valence-corrected chi connectivity index (χ1v) is 6.01. The Labute approximate surface area is 101 Å². The molecule has 3 N–H and O–H groups in total. The lowest BCUT2D eigenvalue weighted by atomic mass is 10.1. The summed E-state index contributed by atoms with van der Waals surface area (Å²) in [5, 5.41) is 0. The van der Waals surface area contributed by atoms with E-state index in [0.717, 1.165) is 5.56 Å². The van der Waals surface area contributed by atoms with Crippen molar-refractivity contribution in [2.24, 2.45) is 0 Å². The average Bonchev–Trinajstić information content (AvgIpc) is 2.40. The summed E-state index contributed by atoms with van der Waals surface area (Å²) in [5.74, 6) is 0.136. The van der Waals surface area contributed by atoms with Gasteiger partial charge in [-0.25, -0.2) is 0 Å². The second-order valence-corrected chi connectivity index (χ2v) is 4.32. The van der Waals surface area contributed by atoms with Crippen LogP contribution in [0.1, 0.15) is 5.56 Å². The summed E-state index contributed by atoms with van der Waals surface area (Å²) in [6.45, 7) is 2.67. The molecule has 0 bridgehead atoms. The summed E-state index contributed by atoms with van der Waals surface area (Å²) < 4.78 is 5.23. The number of morpholine rings is 1. The topological polar surface area (TPSA) is 57.2 Å². The van der Waals surface area contributed by atoms with E-state index < -0.39 is 0 Å². The van der Waals surface area contributed by atoms with Crippen molar-refractivity contribution in [2.45, 2.75) is 12.5 Å². The van der Waals surface area contributed by atoms with Gasteiger partial charge >= 0.3 is 0 Å². The number of hydrogen-bond acceptors (Lipinski definition) is 2. The van der Waals surface area contributed by atoms with E-state index in [9.17, 15) is 4.79 Å². The van der Waals surface area contributed by atoms with E-state index in [2.05, 4.69) is 5.73 Å². The van der Waals surface area contributed by atoms with Gasteiger partial charge < -0.3 is 15.4 Å². The van der Waals surface area contributed by atoms with Gasteiger partial charge in [0.2, 0.25) is 0 Å². The van der Waals surface area contributed by atoms with Crippen LogP contribution in [0.15, 0.2) is 30.3 Å². The van der Waals surface area contributed by atoms with E-state index in [4.69, 9.17) is 4.74 Å². The normalized spacial score (nSPS) is 17.8. The maximum absolute atomic E-state index is 12.1. The van der Waals surface area contributed by atoms with Crippen LogP contribution in [0.25, 0.3) is 0 Å². The summed E-state index contributed by atoms with van der Waals surface area (Å²) in [6, 6.07) is 9.82. The molecule has 1 heterocycles. The highest BCUT2D eigenvalue weighted by Crippen LogP contribution is 2.05. The van der Waals surface area contributed by atoms with Crippen LogP contribution < -0.4 is 5.73 Å². The summed E-state index contributed by atoms with van der Waals surface area (Å²) in [5.41, 5.74) is 5.14. The maximum Gasteiger partial charge on any atom is 0.281 e. The van der Waals surface area contributed by atoms with Gasteiger partial charge in [-0.05, 0) is 5.56 Å². The molecule has 4 heteroatoms. The lowest BCUT2D eigenvalue weighted by Crippen LogP contribution is -2.69. The highest BCUT2D eigenvalue weighted by molar-refractivity contribution is 5.80. The summed E-state index contributed by atoms with van der Waals surface area (Å²) in [7, 11) is 0. The van der Waals surface area contributed by atoms with Crippen LogP contribution in [0.4, 0.5) is 0 Å². The van der Waals surface area contributed by atoms with Crippen molar-refractivity contribution in [2.75, 3.05) is 26.3 Å². The monoisotopic (exact) mass is 235 g/mol. The third-order valence-electron chi connectivity index (χ3n) is 3.00. The van der Waals surface area contributed by atoms with E-state index in [-0.39, 0.29) is 11.9 Å². The molecule has 1 fully saturated rings. The predicted octanol–water partition coefficient (Wildman–Crippen LogP) is -0.302. The molecule has 0 radical (unpaired) electrons. The first kappa shape index (κ1) is 12.1. The first-order chi connectivity index (χ1) is 8.27. The SMILES string of the molecule is [NH3+][C@@H](Cc1ccccc1)C(=O)N1CCOCC1. The van der Waals surface area contributed by atoms with Gasteiger partial charge in [0, 0.05) is 19.5 Å². The third kappa shape index (κ3) is 3.28. The number of benzene rings is 1. The second-order valence-electron chi connectivity index (χ2n) is 4.32. The Kier molecular flexibility index (Phi) is 4.12. The van der Waals surface area contributed by atoms with Gasteiger partial charge in [-0.15, -0.1) is 0 Å². The summed E-state index contributed by atoms with van der Waals surface area (Å²) in [6.07, 6.45) is 0.705. The number of nitrogens with zero attached hydrogens (tertiary/aromatic N) is 1. The molecule has 1 atom stereocenters. The average molecular weight is 235 g/mol. The fraction of sp³-hybridized carbons (Fsp3) is 0.462. The minimum atomic E-state index is -0.199. The number of rotatable bonds is 3. The minimum Gasteiger partial charge on any atom is -0.378 e. The molecule has 1 aromatic carbocycles. The van der Waals surface area contributed by atoms with Gasteiger partial charge in [-0.2, -0.15) is 0 Å². The van der Waals surface area contributed by atoms with Crippen LogP contribution in [0.3, 0.4) is 0 Å². The molecule has 0 aliphatic carbocycles. The lowest BCUT2D eigenvalue weighted by Gasteiger charge is -2.27. The Balaban J connectivity index is 1.90. The molecule has 1 aliphatic rings. The molecule has 0 saturated carbocycles. The molecule has 17 heavy (non-hydrogen) atoms. The van der Waals surface area contributed by atoms with Gasteiger partial charge in [0.25, 0.3) is 5.91 Å². The minimum absolute atomic E-state index is 0.136. The van der Waals surface area contributed by atoms with E-state index in [1.165, 1.54) is 0 Å². The van der Waals surface area contributed by atoms with Crippen LogP contribution in [-0.2, 0) is 16.0 Å². The fourth-order valence-electron chi connectivity index (χ4n) is 2.03. The smallest absolute Gasteiger partial charge is 0.281 e. The standard InChI is InChI=1S/C13H18N2O2/c14-12(10-11-4-2-1-3-5-11)13(16)15-6-8-17-9-7-15/h1-5,12H,6-10,14H2/p+1/t12-/m0/s1. The number of amides is 1. The molecule has 1 saturated heterocycles. The van der Waals surface area contributed by atoms with Crippen molar-refractivity contribution in [3.8, 4) is 0 Å². The fourth-order valence-corrected chi connectivity index (χ4v) is 2.03. The van der Waals surface area contributed by atoms with Crippen molar-refractivity contribution in [1.82, 2.24) is 4.90 Å². The molecule has 1 aliphatic heterocycles. The van der Waals surface area contributed by atoms with Gasteiger partial charge in [0.1, 0.15) is 0 Å². The van der Waals surface area contributed by atoms with E-state index in [1.807, 2.05) is 35.2 Å². The molecule has 0 spiro atoms. The van der Waals surface area contributed by atoms with Crippen LogP contribution in [0.2, 0.25) is 0 Å². The Morgan fingerprint density at radius 1 is 1.29 bits per heavy atom. The van der Waals surface area contributed by atoms with Gasteiger partial charge in [-0.3, -0.25) is 4.79 Å². The number of ether oxygens (including phenoxy) is 1. The number of quaternary nitrogens is 1. The Bertz CT molecular complexity index is 361. The summed E-state index contributed by atoms with van der Waals surface area (Å²) >= 11 is 0. The zero-order chi connectivity index (χ0) is 12.1. The summed E-state index contributed by atoms with van der Waals surface area (Å²) in [4.78, 5) is 14.0. The van der Waals surface area contributed by atoms with E-state index in [0.29, 0.717) is 32.7 Å². The lowest BCUT2D eigenvalue weighted by molar-refractivity contribution is -0.405. The Morgan fingerprint density at radius 3 is 2.59 bits per heavy atom. The van der Waals surface area contributed by atoms with Gasteiger partial charge in [0.05, 0.1) is 13.2 Å². The maximum atomic E-state index is 12.1. The molecule has 0 aromatic heterocycles. The first-order valence-electron chi connectivity index (χ1n) is 6.01. The van der Waals surface area contributed by atoms with E-state index in [1.54, 1.807) is 0 Å². The van der Waals surface area contributed by atoms with Crippen molar-refractivity contribution in [3.63, 3.8) is 0 Å². The highest BCUT2D eigenvalue weighted by Gasteiger charge is 2.25. The zero-order valence-electron chi connectivity index (χ0n) is 9.97. The molecule has 1 aromatic rings. The third-order valence-corrected chi connectivity index (χ3v) is 3.00. The van der Waals surface area contributed by atoms with Gasteiger partial charge in [-0.1, -0.05) is 30.3 Å². The van der Waals surface area contributed by atoms with Crippen LogP contribution in [0.5, 0.6) is 0 Å². The van der Waals surface area contributed by atoms with E-state index >= 15 is 0 Å². The zero-order valence-corrected chi connectivity index (χ0v) is 9.97. The molecule has 92 valence electrons. The second kappa shape index (κ2) is 5.80. The molecular formula is C13H19N2O2+. The van der Waals surface area contributed by atoms with Crippen molar-refractivity contribution >= 4 is 5.91 Å². The van der Waals surface area contributed by atoms with Crippen LogP contribution in [-0.4, -0.2) is 43.2 Å². The molecule has 0 unspecified atom stereocenters. The molecule has 1 amide bonds. The van der Waals surface area contributed by atoms with Crippen molar-refractivity contribution in [3.05, 3.63) is 35.9 Å². The van der Waals surface area contributed by atoms with Crippen molar-refractivity contribution < 1.29 is 15.3 Å². The highest BCUT2D eigenvalue weighted by atomic mass is 16.5.